The van der Waals surface area contributed by atoms with E-state index in [9.17, 15) is 14.4 Å². The summed E-state index contributed by atoms with van der Waals surface area (Å²) in [4.78, 5) is 34.4. The zero-order chi connectivity index (χ0) is 13.0. The van der Waals surface area contributed by atoms with E-state index in [1.54, 1.807) is 0 Å². The first-order valence-corrected chi connectivity index (χ1v) is 6.38. The smallest absolute Gasteiger partial charge is 0.326 e. The molecule has 1 aliphatic heterocycles. The Labute approximate surface area is 107 Å². The molecule has 17 heavy (non-hydrogen) atoms. The lowest BCUT2D eigenvalue weighted by atomic mass is 10.1. The molecular formula is C10H14BrNO5. The summed E-state index contributed by atoms with van der Waals surface area (Å²) in [6.07, 6.45) is 0.0211. The van der Waals surface area contributed by atoms with Crippen LogP contribution in [0, 0.1) is 5.92 Å². The van der Waals surface area contributed by atoms with Gasteiger partial charge in [-0.25, -0.2) is 4.79 Å². The summed E-state index contributed by atoms with van der Waals surface area (Å²) in [7, 11) is 0. The monoisotopic (exact) mass is 307 g/mol. The van der Waals surface area contributed by atoms with E-state index >= 15 is 0 Å². The molecule has 96 valence electrons. The molecule has 0 bridgehead atoms. The molecule has 0 aliphatic carbocycles. The van der Waals surface area contributed by atoms with Crippen molar-refractivity contribution < 1.29 is 24.6 Å². The summed E-state index contributed by atoms with van der Waals surface area (Å²) in [6, 6.07) is -1.03. The van der Waals surface area contributed by atoms with Gasteiger partial charge in [0.25, 0.3) is 0 Å². The number of hydrogen-bond acceptors (Lipinski definition) is 3. The van der Waals surface area contributed by atoms with Crippen LogP contribution in [0.2, 0.25) is 0 Å². The van der Waals surface area contributed by atoms with Gasteiger partial charge in [0.15, 0.2) is 0 Å². The second-order valence-electron chi connectivity index (χ2n) is 4.06. The molecule has 0 saturated carbocycles. The highest BCUT2D eigenvalue weighted by Gasteiger charge is 2.37. The van der Waals surface area contributed by atoms with Crippen LogP contribution in [0.1, 0.15) is 19.3 Å². The zero-order valence-corrected chi connectivity index (χ0v) is 10.7. The van der Waals surface area contributed by atoms with Crippen molar-refractivity contribution in [1.29, 1.82) is 0 Å². The molecule has 0 radical (unpaired) electrons. The number of alkyl halides is 1. The second-order valence-corrected chi connectivity index (χ2v) is 4.70. The number of nitrogens with zero attached hydrogens (tertiary/aromatic N) is 1. The van der Waals surface area contributed by atoms with Crippen LogP contribution in [-0.2, 0) is 14.4 Å². The maximum absolute atomic E-state index is 11.6. The molecule has 1 rings (SSSR count). The lowest BCUT2D eigenvalue weighted by molar-refractivity contribution is -0.149. The van der Waals surface area contributed by atoms with Crippen molar-refractivity contribution in [3.05, 3.63) is 0 Å². The molecule has 0 aromatic rings. The molecule has 0 aromatic heterocycles. The van der Waals surface area contributed by atoms with Gasteiger partial charge in [0.2, 0.25) is 5.91 Å². The van der Waals surface area contributed by atoms with Gasteiger partial charge >= 0.3 is 11.9 Å². The molecule has 1 aliphatic rings. The number of carbonyl (C=O) groups is 3. The molecule has 2 atom stereocenters. The highest BCUT2D eigenvalue weighted by atomic mass is 79.9. The third kappa shape index (κ3) is 3.69. The van der Waals surface area contributed by atoms with E-state index in [2.05, 4.69) is 15.9 Å². The Morgan fingerprint density at radius 2 is 2.12 bits per heavy atom. The predicted octanol–water partition coefficient (Wildman–Crippen LogP) is 0.548. The molecule has 2 unspecified atom stereocenters. The Hall–Kier alpha value is -1.11. The van der Waals surface area contributed by atoms with E-state index in [0.29, 0.717) is 18.3 Å². The lowest BCUT2D eigenvalue weighted by Gasteiger charge is -2.24. The number of hydrogen-bond donors (Lipinski definition) is 2. The quantitative estimate of drug-likeness (QED) is 0.699. The first kappa shape index (κ1) is 14.0. The van der Waals surface area contributed by atoms with Crippen molar-refractivity contribution in [1.82, 2.24) is 4.90 Å². The van der Waals surface area contributed by atoms with Gasteiger partial charge in [-0.3, -0.25) is 9.59 Å². The van der Waals surface area contributed by atoms with Crippen molar-refractivity contribution in [3.63, 3.8) is 0 Å². The Kier molecular flexibility index (Phi) is 4.92. The van der Waals surface area contributed by atoms with Gasteiger partial charge in [-0.15, -0.1) is 0 Å². The number of rotatable bonds is 6. The summed E-state index contributed by atoms with van der Waals surface area (Å²) >= 11 is 3.26. The molecular weight excluding hydrogens is 294 g/mol. The van der Waals surface area contributed by atoms with Crippen LogP contribution >= 0.6 is 15.9 Å². The minimum Gasteiger partial charge on any atom is -0.481 e. The van der Waals surface area contributed by atoms with Gasteiger partial charge in [0.1, 0.15) is 6.04 Å². The van der Waals surface area contributed by atoms with Crippen LogP contribution in [0.5, 0.6) is 0 Å². The Morgan fingerprint density at radius 3 is 2.53 bits per heavy atom. The molecule has 1 saturated heterocycles. The number of carboxylic acid groups (broad SMARTS) is 2. The van der Waals surface area contributed by atoms with E-state index in [1.165, 1.54) is 4.90 Å². The average Bonchev–Trinajstić information content (AvgIpc) is 2.59. The van der Waals surface area contributed by atoms with Crippen LogP contribution < -0.4 is 0 Å². The van der Waals surface area contributed by atoms with Gasteiger partial charge < -0.3 is 15.1 Å². The fourth-order valence-corrected chi connectivity index (χ4v) is 2.32. The van der Waals surface area contributed by atoms with Crippen LogP contribution in [-0.4, -0.2) is 50.9 Å². The van der Waals surface area contributed by atoms with E-state index in [1.807, 2.05) is 0 Å². The first-order chi connectivity index (χ1) is 7.95. The maximum Gasteiger partial charge on any atom is 0.326 e. The van der Waals surface area contributed by atoms with Gasteiger partial charge in [0, 0.05) is 24.7 Å². The fraction of sp³-hybridized carbons (Fsp3) is 0.700. The topological polar surface area (TPSA) is 94.9 Å². The van der Waals surface area contributed by atoms with E-state index in [0.717, 1.165) is 0 Å². The lowest BCUT2D eigenvalue weighted by Crippen LogP contribution is -2.42. The molecule has 7 heteroatoms. The Bertz CT molecular complexity index is 333. The fourth-order valence-electron chi connectivity index (χ4n) is 1.89. The Balaban J connectivity index is 2.67. The molecule has 1 fully saturated rings. The standard InChI is InChI=1S/C10H14BrNO5/c11-4-6-3-8(13)12(5-6)7(10(16)17)1-2-9(14)15/h6-7H,1-5H2,(H,14,15)(H,16,17). The van der Waals surface area contributed by atoms with Gasteiger partial charge in [0.05, 0.1) is 0 Å². The highest BCUT2D eigenvalue weighted by molar-refractivity contribution is 9.09. The van der Waals surface area contributed by atoms with Gasteiger partial charge in [-0.05, 0) is 12.3 Å². The molecule has 1 heterocycles. The van der Waals surface area contributed by atoms with Crippen molar-refractivity contribution in [2.24, 2.45) is 5.92 Å². The number of aliphatic carboxylic acids is 2. The third-order valence-corrected chi connectivity index (χ3v) is 3.67. The van der Waals surface area contributed by atoms with Gasteiger partial charge in [-0.2, -0.15) is 0 Å². The normalized spacial score (nSPS) is 21.6. The Morgan fingerprint density at radius 1 is 1.47 bits per heavy atom. The maximum atomic E-state index is 11.6. The summed E-state index contributed by atoms with van der Waals surface area (Å²) in [6.45, 7) is 0.376. The minimum atomic E-state index is -1.14. The van der Waals surface area contributed by atoms with Crippen molar-refractivity contribution in [3.8, 4) is 0 Å². The predicted molar refractivity (Wildman–Crippen MR) is 61.9 cm³/mol. The van der Waals surface area contributed by atoms with E-state index < -0.39 is 18.0 Å². The number of amides is 1. The van der Waals surface area contributed by atoms with Crippen LogP contribution in [0.3, 0.4) is 0 Å². The second kappa shape index (κ2) is 6.00. The van der Waals surface area contributed by atoms with E-state index in [4.69, 9.17) is 10.2 Å². The van der Waals surface area contributed by atoms with E-state index in [-0.39, 0.29) is 24.7 Å². The molecule has 0 aromatic carbocycles. The molecule has 6 nitrogen and oxygen atoms in total. The largest absolute Gasteiger partial charge is 0.481 e. The summed E-state index contributed by atoms with van der Waals surface area (Å²) in [5.74, 6) is -2.31. The number of carboxylic acids is 2. The van der Waals surface area contributed by atoms with Crippen LogP contribution in [0.4, 0.5) is 0 Å². The van der Waals surface area contributed by atoms with Gasteiger partial charge in [-0.1, -0.05) is 15.9 Å². The number of halogens is 1. The highest BCUT2D eigenvalue weighted by Crippen LogP contribution is 2.23. The SMILES string of the molecule is O=C(O)CCC(C(=O)O)N1CC(CBr)CC1=O. The third-order valence-electron chi connectivity index (χ3n) is 2.75. The molecule has 1 amide bonds. The summed E-state index contributed by atoms with van der Waals surface area (Å²) in [5.41, 5.74) is 0. The first-order valence-electron chi connectivity index (χ1n) is 5.25. The molecule has 0 spiro atoms. The zero-order valence-electron chi connectivity index (χ0n) is 9.13. The van der Waals surface area contributed by atoms with Crippen LogP contribution in [0.25, 0.3) is 0 Å². The number of likely N-dealkylation sites (tertiary alicyclic amines) is 1. The van der Waals surface area contributed by atoms with Crippen molar-refractivity contribution in [2.75, 3.05) is 11.9 Å². The number of carbonyl (C=O) groups excluding carboxylic acids is 1. The molecule has 2 N–H and O–H groups in total. The van der Waals surface area contributed by atoms with Crippen molar-refractivity contribution in [2.45, 2.75) is 25.3 Å². The van der Waals surface area contributed by atoms with Crippen LogP contribution in [0.15, 0.2) is 0 Å². The van der Waals surface area contributed by atoms with Crippen molar-refractivity contribution >= 4 is 33.8 Å². The average molecular weight is 308 g/mol. The summed E-state index contributed by atoms with van der Waals surface area (Å²) < 4.78 is 0. The minimum absolute atomic E-state index is 0.0502. The summed E-state index contributed by atoms with van der Waals surface area (Å²) in [5, 5.41) is 18.2.